The van der Waals surface area contributed by atoms with Crippen LogP contribution in [0.5, 0.6) is 0 Å². The summed E-state index contributed by atoms with van der Waals surface area (Å²) in [4.78, 5) is 38.0. The van der Waals surface area contributed by atoms with Crippen molar-refractivity contribution in [3.8, 4) is 5.69 Å². The molecule has 0 spiro atoms. The predicted molar refractivity (Wildman–Crippen MR) is 95.7 cm³/mol. The zero-order chi connectivity index (χ0) is 18.7. The van der Waals surface area contributed by atoms with Crippen molar-refractivity contribution in [2.45, 2.75) is 19.8 Å². The van der Waals surface area contributed by atoms with Crippen LogP contribution in [0.3, 0.4) is 0 Å². The largest absolute Gasteiger partial charge is 0.451 e. The lowest BCUT2D eigenvalue weighted by molar-refractivity contribution is -0.133. The van der Waals surface area contributed by atoms with Gasteiger partial charge in [0.05, 0.1) is 5.69 Å². The van der Waals surface area contributed by atoms with Gasteiger partial charge in [-0.3, -0.25) is 9.59 Å². The molecule has 0 radical (unpaired) electrons. The molecule has 0 saturated carbocycles. The maximum absolute atomic E-state index is 12.2. The van der Waals surface area contributed by atoms with Gasteiger partial charge in [0.1, 0.15) is 0 Å². The van der Waals surface area contributed by atoms with Gasteiger partial charge in [0.25, 0.3) is 5.91 Å². The van der Waals surface area contributed by atoms with E-state index >= 15 is 0 Å². The maximum atomic E-state index is 12.2. The maximum Gasteiger partial charge on any atom is 0.363 e. The third-order valence-corrected chi connectivity index (χ3v) is 4.41. The number of hydrogen-bond acceptors (Lipinski definition) is 5. The van der Waals surface area contributed by atoms with Gasteiger partial charge < -0.3 is 9.64 Å². The van der Waals surface area contributed by atoms with E-state index < -0.39 is 18.0 Å². The van der Waals surface area contributed by atoms with E-state index in [0.717, 1.165) is 12.8 Å². The number of nitrogens with zero attached hydrogens (tertiary/aromatic N) is 3. The number of carbonyl (C=O) groups is 2. The Balaban J connectivity index is 1.79. The molecule has 0 atom stereocenters. The van der Waals surface area contributed by atoms with Crippen LogP contribution < -0.4 is 5.43 Å². The van der Waals surface area contributed by atoms with Crippen molar-refractivity contribution in [2.75, 3.05) is 19.7 Å². The van der Waals surface area contributed by atoms with Crippen molar-refractivity contribution >= 4 is 23.5 Å². The van der Waals surface area contributed by atoms with E-state index in [2.05, 4.69) is 5.10 Å². The lowest BCUT2D eigenvalue weighted by Gasteiger charge is -2.15. The molecule has 1 fully saturated rings. The molecule has 0 unspecified atom stereocenters. The number of esters is 1. The summed E-state index contributed by atoms with van der Waals surface area (Å²) in [6.07, 6.45) is 1.90. The number of hydrogen-bond donors (Lipinski definition) is 0. The molecule has 2 heterocycles. The first kappa shape index (κ1) is 18.1. The van der Waals surface area contributed by atoms with Crippen LogP contribution in [0, 0.1) is 6.92 Å². The van der Waals surface area contributed by atoms with Crippen LogP contribution in [0.25, 0.3) is 5.69 Å². The Morgan fingerprint density at radius 2 is 1.85 bits per heavy atom. The zero-order valence-corrected chi connectivity index (χ0v) is 15.0. The van der Waals surface area contributed by atoms with Crippen molar-refractivity contribution in [1.82, 2.24) is 14.7 Å². The Labute approximate surface area is 155 Å². The molecule has 1 saturated heterocycles. The Hall–Kier alpha value is -2.67. The van der Waals surface area contributed by atoms with Gasteiger partial charge in [-0.2, -0.15) is 5.10 Å². The van der Waals surface area contributed by atoms with Crippen LogP contribution in [-0.4, -0.2) is 46.3 Å². The van der Waals surface area contributed by atoms with Crippen molar-refractivity contribution < 1.29 is 14.3 Å². The van der Waals surface area contributed by atoms with E-state index in [9.17, 15) is 14.4 Å². The van der Waals surface area contributed by atoms with Crippen LogP contribution in [0.2, 0.25) is 5.02 Å². The first-order valence-corrected chi connectivity index (χ1v) is 8.65. The Bertz CT molecular complexity index is 886. The minimum Gasteiger partial charge on any atom is -0.451 e. The van der Waals surface area contributed by atoms with Gasteiger partial charge in [0, 0.05) is 29.9 Å². The number of likely N-dealkylation sites (tertiary alicyclic amines) is 1. The lowest BCUT2D eigenvalue weighted by atomic mass is 10.3. The quantitative estimate of drug-likeness (QED) is 0.763. The van der Waals surface area contributed by atoms with E-state index in [1.165, 1.54) is 10.7 Å². The average molecular weight is 376 g/mol. The third kappa shape index (κ3) is 3.94. The Morgan fingerprint density at radius 1 is 1.19 bits per heavy atom. The van der Waals surface area contributed by atoms with Crippen LogP contribution in [-0.2, 0) is 9.53 Å². The molecule has 2 aromatic rings. The molecular formula is C18H18ClN3O4. The third-order valence-electron chi connectivity index (χ3n) is 4.16. The van der Waals surface area contributed by atoms with Crippen LogP contribution >= 0.6 is 11.6 Å². The van der Waals surface area contributed by atoms with Crippen LogP contribution in [0.4, 0.5) is 0 Å². The molecule has 8 heteroatoms. The number of carbonyl (C=O) groups excluding carboxylic acids is 2. The van der Waals surface area contributed by atoms with Gasteiger partial charge >= 0.3 is 5.97 Å². The summed E-state index contributed by atoms with van der Waals surface area (Å²) in [7, 11) is 0. The number of rotatable bonds is 4. The molecule has 26 heavy (non-hydrogen) atoms. The SMILES string of the molecule is Cc1cc(=O)c(C(=O)OCC(=O)N2CCCC2)nn1-c1ccc(Cl)cc1. The summed E-state index contributed by atoms with van der Waals surface area (Å²) < 4.78 is 6.46. The summed E-state index contributed by atoms with van der Waals surface area (Å²) in [5, 5.41) is 4.67. The highest BCUT2D eigenvalue weighted by Crippen LogP contribution is 2.14. The molecule has 0 aliphatic carbocycles. The molecule has 136 valence electrons. The second kappa shape index (κ2) is 7.70. The van der Waals surface area contributed by atoms with Gasteiger partial charge in [-0.25, -0.2) is 9.48 Å². The highest BCUT2D eigenvalue weighted by molar-refractivity contribution is 6.30. The van der Waals surface area contributed by atoms with Crippen molar-refractivity contribution in [1.29, 1.82) is 0 Å². The fraction of sp³-hybridized carbons (Fsp3) is 0.333. The number of aryl methyl sites for hydroxylation is 1. The second-order valence-corrected chi connectivity index (χ2v) is 6.49. The van der Waals surface area contributed by atoms with Gasteiger partial charge in [0.2, 0.25) is 11.1 Å². The molecule has 1 aromatic heterocycles. The lowest BCUT2D eigenvalue weighted by Crippen LogP contribution is -2.33. The molecule has 0 bridgehead atoms. The number of ether oxygens (including phenoxy) is 1. The zero-order valence-electron chi connectivity index (χ0n) is 14.3. The van der Waals surface area contributed by atoms with Crippen molar-refractivity contribution in [3.63, 3.8) is 0 Å². The highest BCUT2D eigenvalue weighted by atomic mass is 35.5. The molecule has 3 rings (SSSR count). The summed E-state index contributed by atoms with van der Waals surface area (Å²) in [5.74, 6) is -1.17. The smallest absolute Gasteiger partial charge is 0.363 e. The van der Waals surface area contributed by atoms with Crippen LogP contribution in [0.1, 0.15) is 29.0 Å². The minimum absolute atomic E-state index is 0.263. The molecule has 7 nitrogen and oxygen atoms in total. The number of amides is 1. The summed E-state index contributed by atoms with van der Waals surface area (Å²) in [5.41, 5.74) is 0.294. The fourth-order valence-electron chi connectivity index (χ4n) is 2.79. The van der Waals surface area contributed by atoms with Crippen molar-refractivity contribution in [3.05, 3.63) is 57.0 Å². The van der Waals surface area contributed by atoms with E-state index in [0.29, 0.717) is 29.5 Å². The molecule has 1 amide bonds. The molecule has 1 aliphatic heterocycles. The first-order valence-electron chi connectivity index (χ1n) is 8.27. The molecule has 1 aromatic carbocycles. The first-order chi connectivity index (χ1) is 12.5. The predicted octanol–water partition coefficient (Wildman–Crippen LogP) is 1.97. The standard InChI is InChI=1S/C18H18ClN3O4/c1-12-10-15(23)17(20-22(12)14-6-4-13(19)5-7-14)18(25)26-11-16(24)21-8-2-3-9-21/h4-7,10H,2-3,8-9,11H2,1H3. The minimum atomic E-state index is -0.912. The number of halogens is 1. The summed E-state index contributed by atoms with van der Waals surface area (Å²) >= 11 is 5.88. The van der Waals surface area contributed by atoms with Crippen LogP contribution in [0.15, 0.2) is 35.1 Å². The highest BCUT2D eigenvalue weighted by Gasteiger charge is 2.22. The molecule has 0 N–H and O–H groups in total. The number of aromatic nitrogens is 2. The Kier molecular flexibility index (Phi) is 5.37. The normalized spacial score (nSPS) is 13.7. The molecule has 1 aliphatic rings. The van der Waals surface area contributed by atoms with E-state index in [4.69, 9.17) is 16.3 Å². The summed E-state index contributed by atoms with van der Waals surface area (Å²) in [6.45, 7) is 2.65. The van der Waals surface area contributed by atoms with E-state index in [1.54, 1.807) is 36.1 Å². The van der Waals surface area contributed by atoms with Gasteiger partial charge in [0.15, 0.2) is 6.61 Å². The fourth-order valence-corrected chi connectivity index (χ4v) is 2.91. The van der Waals surface area contributed by atoms with Gasteiger partial charge in [-0.15, -0.1) is 0 Å². The van der Waals surface area contributed by atoms with Gasteiger partial charge in [-0.05, 0) is 44.0 Å². The second-order valence-electron chi connectivity index (χ2n) is 6.05. The number of benzene rings is 1. The topological polar surface area (TPSA) is 81.5 Å². The Morgan fingerprint density at radius 3 is 2.50 bits per heavy atom. The molecular weight excluding hydrogens is 358 g/mol. The van der Waals surface area contributed by atoms with E-state index in [-0.39, 0.29) is 11.6 Å². The van der Waals surface area contributed by atoms with Gasteiger partial charge in [-0.1, -0.05) is 11.6 Å². The summed E-state index contributed by atoms with van der Waals surface area (Å²) in [6, 6.07) is 8.11. The average Bonchev–Trinajstić information content (AvgIpc) is 3.15. The monoisotopic (exact) mass is 375 g/mol. The van der Waals surface area contributed by atoms with E-state index in [1.807, 2.05) is 0 Å². The van der Waals surface area contributed by atoms with Crippen molar-refractivity contribution in [2.24, 2.45) is 0 Å².